The van der Waals surface area contributed by atoms with Crippen molar-refractivity contribution >= 4 is 17.8 Å². The lowest BCUT2D eigenvalue weighted by Gasteiger charge is -2.20. The zero-order chi connectivity index (χ0) is 18.7. The monoisotopic (exact) mass is 347 g/mol. The lowest BCUT2D eigenvalue weighted by Crippen LogP contribution is -2.33. The van der Waals surface area contributed by atoms with Gasteiger partial charge in [-0.15, -0.1) is 0 Å². The molecule has 7 heteroatoms. The average Bonchev–Trinajstić information content (AvgIpc) is 3.02. The molecule has 1 aromatic heterocycles. The minimum atomic E-state index is -0.163. The number of carbonyl (C=O) groups excluding carboxylic acids is 2. The van der Waals surface area contributed by atoms with Crippen LogP contribution < -0.4 is 10.2 Å². The Morgan fingerprint density at radius 3 is 2.52 bits per heavy atom. The molecule has 1 atom stereocenters. The molecular formula is C18H29N5O2. The van der Waals surface area contributed by atoms with Gasteiger partial charge in [0.2, 0.25) is 11.9 Å². The van der Waals surface area contributed by atoms with Crippen LogP contribution in [0.2, 0.25) is 0 Å². The summed E-state index contributed by atoms with van der Waals surface area (Å²) >= 11 is 0. The van der Waals surface area contributed by atoms with Crippen molar-refractivity contribution in [1.82, 2.24) is 20.2 Å². The molecule has 1 unspecified atom stereocenters. The SMILES string of the molecule is CC(C)NC(=O)c1cnc(N(C)C)nc1C1CCN(C(=O)C(C)C)C1. The van der Waals surface area contributed by atoms with E-state index in [-0.39, 0.29) is 29.7 Å². The van der Waals surface area contributed by atoms with Crippen molar-refractivity contribution in [3.8, 4) is 0 Å². The van der Waals surface area contributed by atoms with E-state index in [1.54, 1.807) is 6.20 Å². The quantitative estimate of drug-likeness (QED) is 0.876. The van der Waals surface area contributed by atoms with Crippen LogP contribution in [-0.2, 0) is 4.79 Å². The summed E-state index contributed by atoms with van der Waals surface area (Å²) in [7, 11) is 3.74. The van der Waals surface area contributed by atoms with Crippen LogP contribution in [0.1, 0.15) is 56.1 Å². The molecule has 25 heavy (non-hydrogen) atoms. The molecule has 138 valence electrons. The first-order valence-corrected chi connectivity index (χ1v) is 8.84. The predicted octanol–water partition coefficient (Wildman–Crippen LogP) is 1.65. The van der Waals surface area contributed by atoms with Gasteiger partial charge in [0.1, 0.15) is 0 Å². The molecule has 1 N–H and O–H groups in total. The summed E-state index contributed by atoms with van der Waals surface area (Å²) in [6.07, 6.45) is 2.41. The van der Waals surface area contributed by atoms with Crippen molar-refractivity contribution in [2.45, 2.75) is 46.1 Å². The number of aromatic nitrogens is 2. The van der Waals surface area contributed by atoms with Gasteiger partial charge >= 0.3 is 0 Å². The number of rotatable bonds is 5. The summed E-state index contributed by atoms with van der Waals surface area (Å²) in [5, 5.41) is 2.91. The molecule has 1 aromatic rings. The van der Waals surface area contributed by atoms with Gasteiger partial charge in [-0.05, 0) is 20.3 Å². The van der Waals surface area contributed by atoms with E-state index >= 15 is 0 Å². The van der Waals surface area contributed by atoms with E-state index in [0.29, 0.717) is 24.6 Å². The largest absolute Gasteiger partial charge is 0.350 e. The topological polar surface area (TPSA) is 78.4 Å². The third-order valence-corrected chi connectivity index (χ3v) is 4.25. The number of nitrogens with zero attached hydrogens (tertiary/aromatic N) is 4. The highest BCUT2D eigenvalue weighted by molar-refractivity contribution is 5.95. The fraction of sp³-hybridized carbons (Fsp3) is 0.667. The van der Waals surface area contributed by atoms with E-state index in [1.165, 1.54) is 0 Å². The van der Waals surface area contributed by atoms with Gasteiger partial charge < -0.3 is 15.1 Å². The van der Waals surface area contributed by atoms with Crippen LogP contribution in [-0.4, -0.2) is 59.9 Å². The summed E-state index contributed by atoms with van der Waals surface area (Å²) in [5.41, 5.74) is 1.24. The molecule has 1 aliphatic rings. The molecule has 0 spiro atoms. The highest BCUT2D eigenvalue weighted by atomic mass is 16.2. The maximum atomic E-state index is 12.6. The molecule has 7 nitrogen and oxygen atoms in total. The summed E-state index contributed by atoms with van der Waals surface area (Å²) in [6.45, 7) is 8.96. The molecule has 0 saturated carbocycles. The summed E-state index contributed by atoms with van der Waals surface area (Å²) < 4.78 is 0. The van der Waals surface area contributed by atoms with Crippen LogP contribution in [0, 0.1) is 5.92 Å². The van der Waals surface area contributed by atoms with Gasteiger partial charge in [-0.25, -0.2) is 9.97 Å². The molecule has 0 bridgehead atoms. The third kappa shape index (κ3) is 4.46. The zero-order valence-electron chi connectivity index (χ0n) is 16.0. The Morgan fingerprint density at radius 1 is 1.28 bits per heavy atom. The average molecular weight is 347 g/mol. The fourth-order valence-electron chi connectivity index (χ4n) is 2.98. The third-order valence-electron chi connectivity index (χ3n) is 4.25. The van der Waals surface area contributed by atoms with Crippen LogP contribution in [0.15, 0.2) is 6.20 Å². The molecule has 0 aliphatic carbocycles. The number of likely N-dealkylation sites (tertiary alicyclic amines) is 1. The number of carbonyl (C=O) groups is 2. The highest BCUT2D eigenvalue weighted by Gasteiger charge is 2.32. The second-order valence-corrected chi connectivity index (χ2v) is 7.42. The van der Waals surface area contributed by atoms with Gasteiger partial charge in [0, 0.05) is 51.3 Å². The van der Waals surface area contributed by atoms with Crippen molar-refractivity contribution in [1.29, 1.82) is 0 Å². The molecule has 1 aliphatic heterocycles. The van der Waals surface area contributed by atoms with Crippen molar-refractivity contribution < 1.29 is 9.59 Å². The van der Waals surface area contributed by atoms with Crippen molar-refractivity contribution in [2.24, 2.45) is 5.92 Å². The first-order chi connectivity index (χ1) is 11.7. The molecule has 2 rings (SSSR count). The first-order valence-electron chi connectivity index (χ1n) is 8.84. The van der Waals surface area contributed by atoms with Crippen LogP contribution in [0.25, 0.3) is 0 Å². The van der Waals surface area contributed by atoms with Crippen molar-refractivity contribution in [3.05, 3.63) is 17.5 Å². The number of anilines is 1. The number of hydrogen-bond donors (Lipinski definition) is 1. The fourth-order valence-corrected chi connectivity index (χ4v) is 2.98. The van der Waals surface area contributed by atoms with Gasteiger partial charge in [0.05, 0.1) is 11.3 Å². The first kappa shape index (κ1) is 19.1. The number of nitrogens with one attached hydrogen (secondary N) is 1. The Morgan fingerprint density at radius 2 is 1.96 bits per heavy atom. The standard InChI is InChI=1S/C18H29N5O2/c1-11(2)17(25)23-8-7-13(10-23)15-14(16(24)20-12(3)4)9-19-18(21-15)22(5)6/h9,11-13H,7-8,10H2,1-6H3,(H,20,24). The van der Waals surface area contributed by atoms with Crippen LogP contribution in [0.4, 0.5) is 5.95 Å². The number of amides is 2. The maximum Gasteiger partial charge on any atom is 0.254 e. The Hall–Kier alpha value is -2.18. The van der Waals surface area contributed by atoms with Crippen molar-refractivity contribution in [2.75, 3.05) is 32.1 Å². The second kappa shape index (κ2) is 7.80. The summed E-state index contributed by atoms with van der Waals surface area (Å²) in [5.74, 6) is 0.591. The van der Waals surface area contributed by atoms with Crippen molar-refractivity contribution in [3.63, 3.8) is 0 Å². The number of hydrogen-bond acceptors (Lipinski definition) is 5. The van der Waals surface area contributed by atoms with E-state index in [0.717, 1.165) is 12.1 Å². The lowest BCUT2D eigenvalue weighted by atomic mass is 9.99. The molecular weight excluding hydrogens is 318 g/mol. The Kier molecular flexibility index (Phi) is 5.98. The zero-order valence-corrected chi connectivity index (χ0v) is 16.0. The van der Waals surface area contributed by atoms with E-state index in [9.17, 15) is 9.59 Å². The second-order valence-electron chi connectivity index (χ2n) is 7.42. The Balaban J connectivity index is 2.32. The van der Waals surface area contributed by atoms with Crippen LogP contribution in [0.3, 0.4) is 0 Å². The van der Waals surface area contributed by atoms with Gasteiger partial charge in [0.25, 0.3) is 5.91 Å². The molecule has 0 radical (unpaired) electrons. The Labute approximate surface area is 149 Å². The van der Waals surface area contributed by atoms with Gasteiger partial charge in [-0.2, -0.15) is 0 Å². The van der Waals surface area contributed by atoms with E-state index < -0.39 is 0 Å². The molecule has 1 fully saturated rings. The predicted molar refractivity (Wildman–Crippen MR) is 97.7 cm³/mol. The summed E-state index contributed by atoms with van der Waals surface area (Å²) in [4.78, 5) is 37.4. The maximum absolute atomic E-state index is 12.6. The van der Waals surface area contributed by atoms with Crippen LogP contribution in [0.5, 0.6) is 0 Å². The molecule has 1 saturated heterocycles. The van der Waals surface area contributed by atoms with Gasteiger partial charge in [0.15, 0.2) is 0 Å². The van der Waals surface area contributed by atoms with E-state index in [1.807, 2.05) is 51.6 Å². The lowest BCUT2D eigenvalue weighted by molar-refractivity contribution is -0.133. The summed E-state index contributed by atoms with van der Waals surface area (Å²) in [6, 6.07) is 0.0384. The minimum Gasteiger partial charge on any atom is -0.350 e. The van der Waals surface area contributed by atoms with E-state index in [4.69, 9.17) is 0 Å². The molecule has 2 heterocycles. The van der Waals surface area contributed by atoms with E-state index in [2.05, 4.69) is 15.3 Å². The minimum absolute atomic E-state index is 0.0230. The molecule has 0 aromatic carbocycles. The highest BCUT2D eigenvalue weighted by Crippen LogP contribution is 2.30. The smallest absolute Gasteiger partial charge is 0.254 e. The van der Waals surface area contributed by atoms with Gasteiger partial charge in [-0.3, -0.25) is 9.59 Å². The van der Waals surface area contributed by atoms with Gasteiger partial charge in [-0.1, -0.05) is 13.8 Å². The normalized spacial score (nSPS) is 17.3. The molecule has 2 amide bonds. The van der Waals surface area contributed by atoms with Crippen LogP contribution >= 0.6 is 0 Å². The Bertz CT molecular complexity index is 642.